The van der Waals surface area contributed by atoms with Gasteiger partial charge in [-0.25, -0.2) is 13.1 Å². The van der Waals surface area contributed by atoms with E-state index >= 15 is 0 Å². The molecule has 0 saturated heterocycles. The lowest BCUT2D eigenvalue weighted by atomic mass is 10.1. The number of esters is 1. The highest BCUT2D eigenvalue weighted by atomic mass is 32.2. The first kappa shape index (κ1) is 21.3. The number of aliphatic hydroxyl groups excluding tert-OH is 1. The van der Waals surface area contributed by atoms with Crippen LogP contribution < -0.4 is 10.0 Å². The number of methoxy groups -OCH3 is 1. The van der Waals surface area contributed by atoms with Gasteiger partial charge >= 0.3 is 5.97 Å². The van der Waals surface area contributed by atoms with E-state index in [0.29, 0.717) is 18.4 Å². The summed E-state index contributed by atoms with van der Waals surface area (Å²) in [5.41, 5.74) is 1.50. The smallest absolute Gasteiger partial charge is 0.322 e. The number of carbonyl (C=O) groups excluding carboxylic acids is 1. The quantitative estimate of drug-likeness (QED) is 0.324. The molecule has 1 aromatic rings. The van der Waals surface area contributed by atoms with Crippen molar-refractivity contribution in [3.8, 4) is 0 Å². The molecule has 8 heteroatoms. The number of unbranched alkanes of at least 4 members (excludes halogenated alkanes) is 1. The van der Waals surface area contributed by atoms with Crippen LogP contribution in [0, 0.1) is 0 Å². The molecule has 140 valence electrons. The zero-order chi connectivity index (χ0) is 18.9. The van der Waals surface area contributed by atoms with E-state index in [9.17, 15) is 18.3 Å². The van der Waals surface area contributed by atoms with E-state index in [1.807, 2.05) is 18.2 Å². The van der Waals surface area contributed by atoms with Crippen LogP contribution in [0.1, 0.15) is 37.1 Å². The van der Waals surface area contributed by atoms with Crippen molar-refractivity contribution >= 4 is 22.1 Å². The zero-order valence-corrected chi connectivity index (χ0v) is 15.5. The molecule has 0 radical (unpaired) electrons. The van der Waals surface area contributed by atoms with Gasteiger partial charge in [0.15, 0.2) is 0 Å². The lowest BCUT2D eigenvalue weighted by molar-refractivity contribution is -0.143. The molecule has 0 aliphatic rings. The fourth-order valence-electron chi connectivity index (χ4n) is 2.12. The summed E-state index contributed by atoms with van der Waals surface area (Å²) >= 11 is 0. The third-order valence-electron chi connectivity index (χ3n) is 3.59. The molecule has 0 heterocycles. The molecule has 3 N–H and O–H groups in total. The van der Waals surface area contributed by atoms with E-state index in [4.69, 9.17) is 0 Å². The van der Waals surface area contributed by atoms with Gasteiger partial charge in [-0.1, -0.05) is 30.4 Å². The predicted molar refractivity (Wildman–Crippen MR) is 97.1 cm³/mol. The van der Waals surface area contributed by atoms with Gasteiger partial charge in [-0.3, -0.25) is 10.1 Å². The molecule has 7 nitrogen and oxygen atoms in total. The molecule has 25 heavy (non-hydrogen) atoms. The van der Waals surface area contributed by atoms with E-state index in [1.165, 1.54) is 14.2 Å². The Bertz CT molecular complexity index is 688. The lowest BCUT2D eigenvalue weighted by Crippen LogP contribution is -2.37. The number of aliphatic hydroxyl groups is 1. The number of benzene rings is 1. The van der Waals surface area contributed by atoms with Crippen LogP contribution in [-0.4, -0.2) is 45.4 Å². The predicted octanol–water partition coefficient (Wildman–Crippen LogP) is 1.17. The highest BCUT2D eigenvalue weighted by molar-refractivity contribution is 7.89. The average molecular weight is 370 g/mol. The van der Waals surface area contributed by atoms with Crippen molar-refractivity contribution in [2.24, 2.45) is 0 Å². The van der Waals surface area contributed by atoms with Crippen LogP contribution in [0.2, 0.25) is 0 Å². The topological polar surface area (TPSA) is 105 Å². The van der Waals surface area contributed by atoms with Gasteiger partial charge in [0.2, 0.25) is 10.0 Å². The first-order valence-corrected chi connectivity index (χ1v) is 9.64. The minimum Gasteiger partial charge on any atom is -0.468 e. The van der Waals surface area contributed by atoms with Gasteiger partial charge in [0.25, 0.3) is 0 Å². The minimum atomic E-state index is -3.17. The Morgan fingerprint density at radius 3 is 2.76 bits per heavy atom. The second kappa shape index (κ2) is 10.3. The van der Waals surface area contributed by atoms with Gasteiger partial charge in [-0.05, 0) is 44.0 Å². The molecule has 0 aromatic heterocycles. The summed E-state index contributed by atoms with van der Waals surface area (Å²) in [4.78, 5) is 11.4. The molecule has 0 saturated carbocycles. The number of allylic oxidation sites excluding steroid dienone is 1. The van der Waals surface area contributed by atoms with Crippen molar-refractivity contribution in [3.63, 3.8) is 0 Å². The molecule has 1 aromatic carbocycles. The summed E-state index contributed by atoms with van der Waals surface area (Å²) in [6.45, 7) is 1.61. The van der Waals surface area contributed by atoms with Crippen LogP contribution in [0.4, 0.5) is 0 Å². The zero-order valence-electron chi connectivity index (χ0n) is 14.7. The Balaban J connectivity index is 2.59. The third-order valence-corrected chi connectivity index (χ3v) is 5.04. The molecule has 0 amide bonds. The number of rotatable bonds is 10. The van der Waals surface area contributed by atoms with Crippen LogP contribution in [0.3, 0.4) is 0 Å². The summed E-state index contributed by atoms with van der Waals surface area (Å²) in [6, 6.07) is 6.59. The molecule has 1 unspecified atom stereocenters. The van der Waals surface area contributed by atoms with Crippen LogP contribution in [0.5, 0.6) is 0 Å². The summed E-state index contributed by atoms with van der Waals surface area (Å²) in [6.07, 6.45) is 3.92. The van der Waals surface area contributed by atoms with Gasteiger partial charge in [-0.15, -0.1) is 0 Å². The molecule has 0 aliphatic carbocycles. The van der Waals surface area contributed by atoms with Crippen molar-refractivity contribution in [2.45, 2.75) is 32.0 Å². The van der Waals surface area contributed by atoms with Crippen molar-refractivity contribution in [1.82, 2.24) is 10.0 Å². The fraction of sp³-hybridized carbons (Fsp3) is 0.471. The first-order valence-electron chi connectivity index (χ1n) is 7.98. The number of hydrogen-bond donors (Lipinski definition) is 3. The van der Waals surface area contributed by atoms with Gasteiger partial charge in [0.1, 0.15) is 12.3 Å². The van der Waals surface area contributed by atoms with Gasteiger partial charge < -0.3 is 9.84 Å². The van der Waals surface area contributed by atoms with Crippen LogP contribution >= 0.6 is 0 Å². The standard InChI is InChI=1S/C17H26N2O5S/c1-13(17(21)24-3)19-16(20)15-10-7-9-14(12-15)8-5-4-6-11-25(22,23)18-2/h5,7-10,12-13,16,18-20H,4,6,11H2,1-3H3/b8-5-/t13-,16?/m1/s1. The summed E-state index contributed by atoms with van der Waals surface area (Å²) in [5, 5.41) is 12.9. The molecule has 0 fully saturated rings. The van der Waals surface area contributed by atoms with E-state index in [-0.39, 0.29) is 5.75 Å². The highest BCUT2D eigenvalue weighted by Crippen LogP contribution is 2.15. The Morgan fingerprint density at radius 2 is 2.12 bits per heavy atom. The van der Waals surface area contributed by atoms with Crippen molar-refractivity contribution in [3.05, 3.63) is 41.5 Å². The first-order chi connectivity index (χ1) is 11.8. The van der Waals surface area contributed by atoms with Crippen molar-refractivity contribution in [2.75, 3.05) is 19.9 Å². The molecule has 2 atom stereocenters. The second-order valence-electron chi connectivity index (χ2n) is 5.55. The maximum Gasteiger partial charge on any atom is 0.322 e. The maximum atomic E-state index is 11.4. The van der Waals surface area contributed by atoms with Crippen LogP contribution in [0.15, 0.2) is 30.3 Å². The SMILES string of the molecule is CNS(=O)(=O)CCC/C=C\c1cccc(C(O)N[C@H](C)C(=O)OC)c1. The Labute approximate surface area is 149 Å². The molecule has 0 bridgehead atoms. The molecule has 1 rings (SSSR count). The van der Waals surface area contributed by atoms with E-state index in [2.05, 4.69) is 14.8 Å². The summed E-state index contributed by atoms with van der Waals surface area (Å²) < 4.78 is 29.5. The number of carbonyl (C=O) groups is 1. The molecule has 0 aliphatic heterocycles. The van der Waals surface area contributed by atoms with Crippen molar-refractivity contribution < 1.29 is 23.1 Å². The number of ether oxygens (including phenoxy) is 1. The summed E-state index contributed by atoms with van der Waals surface area (Å²) in [5.74, 6) is -0.367. The minimum absolute atomic E-state index is 0.0852. The fourth-order valence-corrected chi connectivity index (χ4v) is 2.87. The Hall–Kier alpha value is -1.74. The van der Waals surface area contributed by atoms with Crippen molar-refractivity contribution in [1.29, 1.82) is 0 Å². The van der Waals surface area contributed by atoms with Gasteiger partial charge in [-0.2, -0.15) is 0 Å². The number of hydrogen-bond acceptors (Lipinski definition) is 6. The van der Waals surface area contributed by atoms with E-state index < -0.39 is 28.3 Å². The maximum absolute atomic E-state index is 11.4. The van der Waals surface area contributed by atoms with E-state index in [1.54, 1.807) is 25.1 Å². The Morgan fingerprint density at radius 1 is 1.40 bits per heavy atom. The Kier molecular flexibility index (Phi) is 8.77. The summed E-state index contributed by atoms with van der Waals surface area (Å²) in [7, 11) is -0.475. The molecular formula is C17H26N2O5S. The van der Waals surface area contributed by atoms with Gasteiger partial charge in [0.05, 0.1) is 12.9 Å². The van der Waals surface area contributed by atoms with E-state index in [0.717, 1.165) is 5.56 Å². The molecular weight excluding hydrogens is 344 g/mol. The average Bonchev–Trinajstić information content (AvgIpc) is 2.60. The normalized spacial score (nSPS) is 14.4. The van der Waals surface area contributed by atoms with Gasteiger partial charge in [0, 0.05) is 0 Å². The second-order valence-corrected chi connectivity index (χ2v) is 7.60. The molecule has 0 spiro atoms. The third kappa shape index (κ3) is 7.78. The largest absolute Gasteiger partial charge is 0.468 e. The monoisotopic (exact) mass is 370 g/mol. The highest BCUT2D eigenvalue weighted by Gasteiger charge is 2.17. The van der Waals surface area contributed by atoms with Crippen LogP contribution in [-0.2, 0) is 19.6 Å². The number of nitrogens with one attached hydrogen (secondary N) is 2. The number of sulfonamides is 1. The van der Waals surface area contributed by atoms with Crippen LogP contribution in [0.25, 0.3) is 6.08 Å². The lowest BCUT2D eigenvalue weighted by Gasteiger charge is -2.17.